The zero-order valence-electron chi connectivity index (χ0n) is 12.9. The van der Waals surface area contributed by atoms with Crippen molar-refractivity contribution in [2.24, 2.45) is 0 Å². The van der Waals surface area contributed by atoms with Crippen molar-refractivity contribution < 1.29 is 18.7 Å². The van der Waals surface area contributed by atoms with E-state index in [0.29, 0.717) is 42.0 Å². The summed E-state index contributed by atoms with van der Waals surface area (Å²) in [5.74, 6) is 1.95. The number of urea groups is 1. The van der Waals surface area contributed by atoms with E-state index in [9.17, 15) is 4.79 Å². The van der Waals surface area contributed by atoms with E-state index >= 15 is 0 Å². The number of aryl methyl sites for hydroxylation is 1. The number of benzene rings is 1. The van der Waals surface area contributed by atoms with Crippen molar-refractivity contribution in [3.05, 3.63) is 40.8 Å². The molecule has 3 rings (SSSR count). The molecule has 0 saturated heterocycles. The van der Waals surface area contributed by atoms with Gasteiger partial charge in [-0.3, -0.25) is 0 Å². The lowest BCUT2D eigenvalue weighted by Gasteiger charge is -2.21. The average molecular weight is 337 g/mol. The first-order valence-electron chi connectivity index (χ1n) is 7.19. The molecule has 2 amide bonds. The van der Waals surface area contributed by atoms with Crippen molar-refractivity contribution in [1.29, 1.82) is 0 Å². The Morgan fingerprint density at radius 2 is 2.00 bits per heavy atom. The molecule has 0 fully saturated rings. The minimum Gasteiger partial charge on any atom is -0.486 e. The van der Waals surface area contributed by atoms with Crippen LogP contribution in [0.25, 0.3) is 0 Å². The van der Waals surface area contributed by atoms with Crippen LogP contribution in [-0.4, -0.2) is 31.2 Å². The van der Waals surface area contributed by atoms with Gasteiger partial charge in [-0.25, -0.2) is 4.79 Å². The number of rotatable bonds is 3. The van der Waals surface area contributed by atoms with Gasteiger partial charge in [0.15, 0.2) is 11.5 Å². The summed E-state index contributed by atoms with van der Waals surface area (Å²) in [6.45, 7) is 3.26. The van der Waals surface area contributed by atoms with Crippen molar-refractivity contribution in [1.82, 2.24) is 4.90 Å². The summed E-state index contributed by atoms with van der Waals surface area (Å²) >= 11 is 6.19. The third-order valence-corrected chi connectivity index (χ3v) is 3.91. The van der Waals surface area contributed by atoms with Crippen LogP contribution >= 0.6 is 11.6 Å². The first-order chi connectivity index (χ1) is 11.0. The Morgan fingerprint density at radius 3 is 2.65 bits per heavy atom. The van der Waals surface area contributed by atoms with Crippen LogP contribution in [0.15, 0.2) is 28.9 Å². The molecule has 0 atom stereocenters. The van der Waals surface area contributed by atoms with E-state index in [-0.39, 0.29) is 6.03 Å². The van der Waals surface area contributed by atoms with Crippen molar-refractivity contribution in [2.45, 2.75) is 13.5 Å². The number of hydrogen-bond donors (Lipinski definition) is 1. The zero-order chi connectivity index (χ0) is 16.4. The maximum absolute atomic E-state index is 12.3. The van der Waals surface area contributed by atoms with Crippen LogP contribution in [0.5, 0.6) is 11.5 Å². The van der Waals surface area contributed by atoms with E-state index < -0.39 is 0 Å². The Bertz CT molecular complexity index is 729. The molecule has 0 saturated carbocycles. The molecule has 7 heteroatoms. The number of amides is 2. The fourth-order valence-electron chi connectivity index (χ4n) is 2.27. The Morgan fingerprint density at radius 1 is 1.30 bits per heavy atom. The average Bonchev–Trinajstić information content (AvgIpc) is 2.93. The molecule has 122 valence electrons. The number of fused-ring (bicyclic) bond motifs is 1. The fraction of sp³-hybridized carbons (Fsp3) is 0.312. The first kappa shape index (κ1) is 15.6. The van der Waals surface area contributed by atoms with Crippen LogP contribution in [-0.2, 0) is 6.54 Å². The van der Waals surface area contributed by atoms with Gasteiger partial charge in [-0.05, 0) is 13.0 Å². The highest BCUT2D eigenvalue weighted by molar-refractivity contribution is 6.34. The highest BCUT2D eigenvalue weighted by Crippen LogP contribution is 2.38. The summed E-state index contributed by atoms with van der Waals surface area (Å²) in [7, 11) is 1.70. The predicted molar refractivity (Wildman–Crippen MR) is 86.4 cm³/mol. The van der Waals surface area contributed by atoms with Crippen molar-refractivity contribution >= 4 is 23.3 Å². The van der Waals surface area contributed by atoms with Gasteiger partial charge in [-0.1, -0.05) is 11.6 Å². The van der Waals surface area contributed by atoms with Gasteiger partial charge in [0.25, 0.3) is 0 Å². The van der Waals surface area contributed by atoms with Crippen molar-refractivity contribution in [3.63, 3.8) is 0 Å². The molecule has 2 heterocycles. The van der Waals surface area contributed by atoms with Crippen LogP contribution < -0.4 is 14.8 Å². The normalized spacial score (nSPS) is 12.8. The lowest BCUT2D eigenvalue weighted by Crippen LogP contribution is -2.31. The van der Waals surface area contributed by atoms with Gasteiger partial charge in [0.05, 0.1) is 23.5 Å². The molecule has 0 bridgehead atoms. The molecular formula is C16H17ClN2O4. The molecule has 2 aromatic rings. The third kappa shape index (κ3) is 3.37. The number of halogens is 1. The number of nitrogens with zero attached hydrogens (tertiary/aromatic N) is 1. The summed E-state index contributed by atoms with van der Waals surface area (Å²) in [6, 6.07) is 4.89. The Labute approximate surface area is 138 Å². The Balaban J connectivity index is 1.71. The van der Waals surface area contributed by atoms with Crippen molar-refractivity contribution in [3.8, 4) is 11.5 Å². The number of hydrogen-bond acceptors (Lipinski definition) is 4. The van der Waals surface area contributed by atoms with E-state index in [1.165, 1.54) is 0 Å². The minimum atomic E-state index is -0.274. The van der Waals surface area contributed by atoms with E-state index in [2.05, 4.69) is 5.32 Å². The number of carbonyl (C=O) groups is 1. The lowest BCUT2D eigenvalue weighted by molar-refractivity contribution is 0.171. The lowest BCUT2D eigenvalue weighted by atomic mass is 10.2. The van der Waals surface area contributed by atoms with Gasteiger partial charge in [0.2, 0.25) is 0 Å². The van der Waals surface area contributed by atoms with Crippen LogP contribution in [0.1, 0.15) is 11.3 Å². The minimum absolute atomic E-state index is 0.274. The number of carbonyl (C=O) groups excluding carboxylic acids is 1. The molecule has 1 aliphatic rings. The SMILES string of the molecule is Cc1occc1CN(C)C(=O)Nc1cc2c(cc1Cl)OCCO2. The van der Waals surface area contributed by atoms with Crippen LogP contribution in [0, 0.1) is 6.92 Å². The Hall–Kier alpha value is -2.34. The van der Waals surface area contributed by atoms with E-state index in [0.717, 1.165) is 11.3 Å². The quantitative estimate of drug-likeness (QED) is 0.928. The predicted octanol–water partition coefficient (Wildman–Crippen LogP) is 3.68. The van der Waals surface area contributed by atoms with Gasteiger partial charge in [0, 0.05) is 24.7 Å². The zero-order valence-corrected chi connectivity index (χ0v) is 13.6. The summed E-state index contributed by atoms with van der Waals surface area (Å²) in [4.78, 5) is 13.9. The molecule has 1 aromatic carbocycles. The molecule has 1 N–H and O–H groups in total. The van der Waals surface area contributed by atoms with E-state index in [1.54, 1.807) is 30.3 Å². The van der Waals surface area contributed by atoms with E-state index in [1.807, 2.05) is 13.0 Å². The van der Waals surface area contributed by atoms with Crippen molar-refractivity contribution in [2.75, 3.05) is 25.6 Å². The maximum Gasteiger partial charge on any atom is 0.321 e. The van der Waals surface area contributed by atoms with Gasteiger partial charge in [-0.15, -0.1) is 0 Å². The molecule has 0 radical (unpaired) electrons. The number of ether oxygens (including phenoxy) is 2. The highest BCUT2D eigenvalue weighted by Gasteiger charge is 2.18. The summed E-state index contributed by atoms with van der Waals surface area (Å²) in [5, 5.41) is 3.18. The molecule has 1 aliphatic heterocycles. The third-order valence-electron chi connectivity index (χ3n) is 3.59. The molecule has 6 nitrogen and oxygen atoms in total. The number of furan rings is 1. The highest BCUT2D eigenvalue weighted by atomic mass is 35.5. The molecule has 1 aromatic heterocycles. The standard InChI is InChI=1S/C16H17ClN2O4/c1-10-11(3-4-21-10)9-19(2)16(20)18-13-8-15-14(7-12(13)17)22-5-6-23-15/h3-4,7-8H,5-6,9H2,1-2H3,(H,18,20). The van der Waals surface area contributed by atoms with Gasteiger partial charge in [-0.2, -0.15) is 0 Å². The Kier molecular flexibility index (Phi) is 4.34. The molecule has 23 heavy (non-hydrogen) atoms. The molecule has 0 aliphatic carbocycles. The van der Waals surface area contributed by atoms with E-state index in [4.69, 9.17) is 25.5 Å². The summed E-state index contributed by atoms with van der Waals surface area (Å²) in [5.41, 5.74) is 1.44. The molecular weight excluding hydrogens is 320 g/mol. The number of nitrogens with one attached hydrogen (secondary N) is 1. The monoisotopic (exact) mass is 336 g/mol. The van der Waals surface area contributed by atoms with Gasteiger partial charge < -0.3 is 24.1 Å². The second-order valence-corrected chi connectivity index (χ2v) is 5.67. The fourth-order valence-corrected chi connectivity index (χ4v) is 2.47. The molecule has 0 unspecified atom stereocenters. The van der Waals surface area contributed by atoms with Crippen LogP contribution in [0.4, 0.5) is 10.5 Å². The summed E-state index contributed by atoms with van der Waals surface area (Å²) in [6.07, 6.45) is 1.61. The van der Waals surface area contributed by atoms with Crippen LogP contribution in [0.3, 0.4) is 0 Å². The number of anilines is 1. The van der Waals surface area contributed by atoms with Gasteiger partial charge >= 0.3 is 6.03 Å². The first-order valence-corrected chi connectivity index (χ1v) is 7.56. The second-order valence-electron chi connectivity index (χ2n) is 5.26. The van der Waals surface area contributed by atoms with Gasteiger partial charge in [0.1, 0.15) is 19.0 Å². The second kappa shape index (κ2) is 6.42. The van der Waals surface area contributed by atoms with Crippen LogP contribution in [0.2, 0.25) is 5.02 Å². The smallest absolute Gasteiger partial charge is 0.321 e. The summed E-state index contributed by atoms with van der Waals surface area (Å²) < 4.78 is 16.2. The molecule has 0 spiro atoms. The largest absolute Gasteiger partial charge is 0.486 e. The topological polar surface area (TPSA) is 63.9 Å². The maximum atomic E-state index is 12.3.